The second kappa shape index (κ2) is 10.4. The van der Waals surface area contributed by atoms with Crippen molar-refractivity contribution < 1.29 is 18.4 Å². The number of carbonyl (C=O) groups is 2. The number of anilines is 1. The summed E-state index contributed by atoms with van der Waals surface area (Å²) in [7, 11) is 0. The van der Waals surface area contributed by atoms with E-state index in [2.05, 4.69) is 10.3 Å². The van der Waals surface area contributed by atoms with Gasteiger partial charge >= 0.3 is 0 Å². The molecular formula is C28H22F2N4O2S. The number of hydrogen-bond donors (Lipinski definition) is 1. The van der Waals surface area contributed by atoms with Gasteiger partial charge in [-0.3, -0.25) is 14.5 Å². The average molecular weight is 517 g/mol. The van der Waals surface area contributed by atoms with Gasteiger partial charge in [-0.1, -0.05) is 18.2 Å². The molecule has 4 aromatic rings. The molecule has 0 radical (unpaired) electrons. The summed E-state index contributed by atoms with van der Waals surface area (Å²) in [6, 6.07) is 19.0. The third-order valence-corrected chi connectivity index (χ3v) is 6.81. The van der Waals surface area contributed by atoms with Crippen LogP contribution in [-0.4, -0.2) is 33.0 Å². The molecule has 9 heteroatoms. The van der Waals surface area contributed by atoms with Crippen LogP contribution in [0.1, 0.15) is 12.5 Å². The van der Waals surface area contributed by atoms with Crippen LogP contribution in [-0.2, 0) is 16.1 Å². The lowest BCUT2D eigenvalue weighted by molar-refractivity contribution is -0.122. The number of nitrogens with one attached hydrogen (secondary N) is 1. The fourth-order valence-electron chi connectivity index (χ4n) is 4.05. The molecule has 1 aliphatic heterocycles. The van der Waals surface area contributed by atoms with E-state index >= 15 is 0 Å². The Morgan fingerprint density at radius 3 is 2.38 bits per heavy atom. The van der Waals surface area contributed by atoms with E-state index in [9.17, 15) is 18.4 Å². The molecule has 6 nitrogen and oxygen atoms in total. The Balaban J connectivity index is 1.43. The maximum absolute atomic E-state index is 13.3. The van der Waals surface area contributed by atoms with Crippen molar-refractivity contribution in [1.29, 1.82) is 0 Å². The quantitative estimate of drug-likeness (QED) is 0.311. The molecule has 0 saturated carbocycles. The van der Waals surface area contributed by atoms with E-state index < -0.39 is 0 Å². The van der Waals surface area contributed by atoms with Gasteiger partial charge in [0.15, 0.2) is 5.17 Å². The second-order valence-electron chi connectivity index (χ2n) is 8.32. The number of benzene rings is 3. The van der Waals surface area contributed by atoms with Gasteiger partial charge in [0, 0.05) is 34.9 Å². The number of nitrogens with zero attached hydrogens (tertiary/aromatic N) is 3. The van der Waals surface area contributed by atoms with Crippen LogP contribution in [0.5, 0.6) is 0 Å². The first-order valence-electron chi connectivity index (χ1n) is 11.6. The minimum Gasteiger partial charge on any atom is -0.337 e. The number of aromatic nitrogens is 1. The van der Waals surface area contributed by atoms with Gasteiger partial charge in [0.2, 0.25) is 5.91 Å². The van der Waals surface area contributed by atoms with Crippen molar-refractivity contribution in [2.45, 2.75) is 13.5 Å². The van der Waals surface area contributed by atoms with Crippen LogP contribution in [0, 0.1) is 11.6 Å². The third kappa shape index (κ3) is 5.31. The molecule has 5 rings (SSSR count). The third-order valence-electron chi connectivity index (χ3n) is 5.80. The van der Waals surface area contributed by atoms with E-state index in [4.69, 9.17) is 0 Å². The lowest BCUT2D eigenvalue weighted by atomic mass is 10.1. The van der Waals surface area contributed by atoms with Gasteiger partial charge in [0.05, 0.1) is 10.6 Å². The maximum atomic E-state index is 13.3. The minimum absolute atomic E-state index is 0.0422. The van der Waals surface area contributed by atoms with Gasteiger partial charge in [-0.15, -0.1) is 0 Å². The normalized spacial score (nSPS) is 15.8. The number of hydrogen-bond acceptors (Lipinski definition) is 4. The summed E-state index contributed by atoms with van der Waals surface area (Å²) in [6.07, 6.45) is 3.64. The molecule has 0 unspecified atom stereocenters. The van der Waals surface area contributed by atoms with Crippen LogP contribution in [0.3, 0.4) is 0 Å². The molecule has 1 aliphatic rings. The topological polar surface area (TPSA) is 66.7 Å². The number of para-hydroxylation sites is 1. The number of aliphatic imine (C=N–C) groups is 1. The van der Waals surface area contributed by atoms with E-state index in [0.717, 1.165) is 16.5 Å². The zero-order valence-corrected chi connectivity index (χ0v) is 20.6. The number of thioether (sulfide) groups is 1. The first-order chi connectivity index (χ1) is 17.9. The number of amides is 2. The van der Waals surface area contributed by atoms with Gasteiger partial charge in [-0.2, -0.15) is 0 Å². The molecular weight excluding hydrogens is 494 g/mol. The largest absolute Gasteiger partial charge is 0.337 e. The van der Waals surface area contributed by atoms with E-state index in [1.807, 2.05) is 42.0 Å². The average Bonchev–Trinajstić information content (AvgIpc) is 3.38. The van der Waals surface area contributed by atoms with Crippen molar-refractivity contribution in [3.8, 4) is 0 Å². The van der Waals surface area contributed by atoms with Crippen LogP contribution in [0.25, 0.3) is 17.0 Å². The van der Waals surface area contributed by atoms with Crippen molar-refractivity contribution in [3.05, 3.63) is 101 Å². The number of amidine groups is 1. The highest BCUT2D eigenvalue weighted by atomic mass is 32.2. The van der Waals surface area contributed by atoms with Crippen molar-refractivity contribution in [2.24, 2.45) is 4.99 Å². The molecule has 1 N–H and O–H groups in total. The van der Waals surface area contributed by atoms with Crippen molar-refractivity contribution in [3.63, 3.8) is 0 Å². The zero-order chi connectivity index (χ0) is 25.9. The van der Waals surface area contributed by atoms with Crippen molar-refractivity contribution >= 4 is 57.1 Å². The molecule has 1 fully saturated rings. The number of carbonyl (C=O) groups excluding carboxylic acids is 2. The van der Waals surface area contributed by atoms with E-state index in [1.54, 1.807) is 23.1 Å². The highest BCUT2D eigenvalue weighted by molar-refractivity contribution is 8.18. The predicted molar refractivity (Wildman–Crippen MR) is 143 cm³/mol. The summed E-state index contributed by atoms with van der Waals surface area (Å²) in [6.45, 7) is 2.35. The number of fused-ring (bicyclic) bond motifs is 1. The first-order valence-corrected chi connectivity index (χ1v) is 12.4. The minimum atomic E-state index is -0.376. The first kappa shape index (κ1) is 24.5. The van der Waals surface area contributed by atoms with Gasteiger partial charge in [0.25, 0.3) is 5.91 Å². The Hall–Kier alpha value is -4.24. The van der Waals surface area contributed by atoms with E-state index in [-0.39, 0.29) is 30.0 Å². The molecule has 0 aliphatic carbocycles. The number of rotatable bonds is 6. The van der Waals surface area contributed by atoms with Crippen molar-refractivity contribution in [1.82, 2.24) is 9.47 Å². The lowest BCUT2D eigenvalue weighted by Crippen LogP contribution is -2.28. The van der Waals surface area contributed by atoms with E-state index in [1.165, 1.54) is 48.2 Å². The molecule has 0 spiro atoms. The fraction of sp³-hybridized carbons (Fsp3) is 0.107. The van der Waals surface area contributed by atoms with Gasteiger partial charge < -0.3 is 9.88 Å². The van der Waals surface area contributed by atoms with Gasteiger partial charge in [0.1, 0.15) is 18.2 Å². The summed E-state index contributed by atoms with van der Waals surface area (Å²) in [5.41, 5.74) is 2.69. The Bertz CT molecular complexity index is 1540. The molecule has 0 atom stereocenters. The van der Waals surface area contributed by atoms with E-state index in [0.29, 0.717) is 28.0 Å². The summed E-state index contributed by atoms with van der Waals surface area (Å²) in [5.74, 6) is -1.16. The molecule has 2 heterocycles. The molecule has 186 valence electrons. The summed E-state index contributed by atoms with van der Waals surface area (Å²) in [4.78, 5) is 32.5. The van der Waals surface area contributed by atoms with Gasteiger partial charge in [-0.05, 0) is 79.4 Å². The predicted octanol–water partition coefficient (Wildman–Crippen LogP) is 6.18. The molecule has 0 bridgehead atoms. The Morgan fingerprint density at radius 2 is 1.68 bits per heavy atom. The summed E-state index contributed by atoms with van der Waals surface area (Å²) < 4.78 is 28.3. The smallest absolute Gasteiger partial charge is 0.266 e. The molecule has 3 aromatic carbocycles. The lowest BCUT2D eigenvalue weighted by Gasteiger charge is -2.11. The number of halogens is 2. The summed E-state index contributed by atoms with van der Waals surface area (Å²) in [5, 5.41) is 4.19. The standard InChI is InChI=1S/C28H22F2N4O2S/c1-2-34-27(36)25(37-28(34)32-22-13-9-20(30)10-14-22)15-18-16-33(24-6-4-3-5-23(18)24)17-26(35)31-21-11-7-19(29)8-12-21/h3-16H,2,17H2,1H3,(H,31,35)/b25-15+,32-28?. The molecule has 1 saturated heterocycles. The molecule has 2 amide bonds. The monoisotopic (exact) mass is 516 g/mol. The van der Waals surface area contributed by atoms with Crippen LogP contribution in [0.4, 0.5) is 20.2 Å². The Labute approximate surface area is 216 Å². The number of likely N-dealkylation sites (N-methyl/N-ethyl adjacent to an activating group) is 1. The molecule has 1 aromatic heterocycles. The van der Waals surface area contributed by atoms with Crippen LogP contribution in [0.2, 0.25) is 0 Å². The van der Waals surface area contributed by atoms with Crippen LogP contribution in [0.15, 0.2) is 88.9 Å². The van der Waals surface area contributed by atoms with Crippen molar-refractivity contribution in [2.75, 3.05) is 11.9 Å². The SMILES string of the molecule is CCN1C(=O)/C(=C\c2cn(CC(=O)Nc3ccc(F)cc3)c3ccccc23)SC1=Nc1ccc(F)cc1. The molecule has 37 heavy (non-hydrogen) atoms. The zero-order valence-electron chi connectivity index (χ0n) is 19.8. The van der Waals surface area contributed by atoms with Crippen LogP contribution >= 0.6 is 11.8 Å². The highest BCUT2D eigenvalue weighted by Crippen LogP contribution is 2.35. The van der Waals surface area contributed by atoms with Crippen LogP contribution < -0.4 is 5.32 Å². The fourth-order valence-corrected chi connectivity index (χ4v) is 5.10. The Morgan fingerprint density at radius 1 is 1.00 bits per heavy atom. The highest BCUT2D eigenvalue weighted by Gasteiger charge is 2.32. The Kier molecular flexibility index (Phi) is 6.87. The summed E-state index contributed by atoms with van der Waals surface area (Å²) >= 11 is 1.25. The van der Waals surface area contributed by atoms with Gasteiger partial charge in [-0.25, -0.2) is 13.8 Å². The second-order valence-corrected chi connectivity index (χ2v) is 9.32. The maximum Gasteiger partial charge on any atom is 0.266 e.